The van der Waals surface area contributed by atoms with Gasteiger partial charge in [0.05, 0.1) is 7.11 Å². The summed E-state index contributed by atoms with van der Waals surface area (Å²) >= 11 is 0. The molecule has 0 saturated carbocycles. The van der Waals surface area contributed by atoms with Gasteiger partial charge in [0.15, 0.2) is 0 Å². The number of rotatable bonds is 8. The second-order valence-electron chi connectivity index (χ2n) is 4.92. The van der Waals surface area contributed by atoms with Crippen molar-refractivity contribution in [3.05, 3.63) is 23.8 Å². The Hall–Kier alpha value is -1.11. The third kappa shape index (κ3) is 4.77. The van der Waals surface area contributed by atoms with Crippen molar-refractivity contribution in [2.75, 3.05) is 13.7 Å². The molecule has 0 unspecified atom stereocenters. The number of hydrogen-bond donors (Lipinski definition) is 2. The van der Waals surface area contributed by atoms with Gasteiger partial charge in [-0.2, -0.15) is 0 Å². The van der Waals surface area contributed by atoms with Crippen molar-refractivity contribution >= 4 is 10.0 Å². The number of hydrogen-bond acceptors (Lipinski definition) is 4. The van der Waals surface area contributed by atoms with Gasteiger partial charge in [0.2, 0.25) is 10.0 Å². The smallest absolute Gasteiger partial charge is 0.244 e. The number of benzene rings is 1. The zero-order chi connectivity index (χ0) is 15.2. The molecule has 1 aromatic rings. The highest BCUT2D eigenvalue weighted by Gasteiger charge is 2.19. The van der Waals surface area contributed by atoms with E-state index >= 15 is 0 Å². The molecule has 0 atom stereocenters. The molecular formula is C14H24N2O3S. The van der Waals surface area contributed by atoms with Gasteiger partial charge in [0, 0.05) is 19.1 Å². The predicted molar refractivity (Wildman–Crippen MR) is 80.4 cm³/mol. The molecule has 2 N–H and O–H groups in total. The van der Waals surface area contributed by atoms with Crippen LogP contribution in [-0.4, -0.2) is 28.1 Å². The van der Waals surface area contributed by atoms with Crippen molar-refractivity contribution in [3.63, 3.8) is 0 Å². The second kappa shape index (κ2) is 7.61. The van der Waals surface area contributed by atoms with E-state index in [2.05, 4.69) is 10.0 Å². The highest BCUT2D eigenvalue weighted by atomic mass is 32.2. The Balaban J connectivity index is 3.05. The van der Waals surface area contributed by atoms with E-state index in [0.29, 0.717) is 24.9 Å². The number of nitrogens with one attached hydrogen (secondary N) is 2. The summed E-state index contributed by atoms with van der Waals surface area (Å²) in [6, 6.07) is 5.56. The lowest BCUT2D eigenvalue weighted by Gasteiger charge is -2.13. The van der Waals surface area contributed by atoms with Crippen LogP contribution in [0.25, 0.3) is 0 Å². The molecule has 0 fully saturated rings. The Morgan fingerprint density at radius 3 is 2.55 bits per heavy atom. The van der Waals surface area contributed by atoms with Gasteiger partial charge in [-0.3, -0.25) is 0 Å². The van der Waals surface area contributed by atoms with Crippen molar-refractivity contribution in [2.24, 2.45) is 0 Å². The quantitative estimate of drug-likeness (QED) is 0.769. The molecule has 5 nitrogen and oxygen atoms in total. The highest BCUT2D eigenvalue weighted by molar-refractivity contribution is 7.89. The fraction of sp³-hybridized carbons (Fsp3) is 0.571. The zero-order valence-electron chi connectivity index (χ0n) is 12.6. The number of methoxy groups -OCH3 is 1. The maximum Gasteiger partial charge on any atom is 0.244 e. The van der Waals surface area contributed by atoms with Crippen LogP contribution >= 0.6 is 0 Å². The van der Waals surface area contributed by atoms with E-state index in [9.17, 15) is 8.42 Å². The van der Waals surface area contributed by atoms with E-state index in [4.69, 9.17) is 4.74 Å². The minimum Gasteiger partial charge on any atom is -0.495 e. The van der Waals surface area contributed by atoms with E-state index in [1.54, 1.807) is 12.1 Å². The molecule has 0 aliphatic heterocycles. The minimum absolute atomic E-state index is 0.191. The molecule has 114 valence electrons. The van der Waals surface area contributed by atoms with E-state index in [0.717, 1.165) is 12.0 Å². The van der Waals surface area contributed by atoms with Gasteiger partial charge in [-0.05, 0) is 24.1 Å². The molecule has 0 bridgehead atoms. The van der Waals surface area contributed by atoms with Crippen molar-refractivity contribution in [1.82, 2.24) is 10.0 Å². The molecule has 20 heavy (non-hydrogen) atoms. The standard InChI is InChI=1S/C14H24N2O3S/c1-5-8-16-20(17,18)14-9-12(10-15-11(2)3)6-7-13(14)19-4/h6-7,9,11,15-16H,5,8,10H2,1-4H3. The lowest BCUT2D eigenvalue weighted by molar-refractivity contribution is 0.402. The minimum atomic E-state index is -3.53. The van der Waals surface area contributed by atoms with Gasteiger partial charge in [0.1, 0.15) is 10.6 Å². The van der Waals surface area contributed by atoms with E-state index in [1.165, 1.54) is 7.11 Å². The summed E-state index contributed by atoms with van der Waals surface area (Å²) < 4.78 is 32.2. The van der Waals surface area contributed by atoms with Crippen LogP contribution in [0.4, 0.5) is 0 Å². The number of ether oxygens (including phenoxy) is 1. The largest absolute Gasteiger partial charge is 0.495 e. The molecule has 1 rings (SSSR count). The first-order valence-electron chi connectivity index (χ1n) is 6.80. The third-order valence-corrected chi connectivity index (χ3v) is 4.26. The van der Waals surface area contributed by atoms with E-state index < -0.39 is 10.0 Å². The maximum absolute atomic E-state index is 12.2. The fourth-order valence-electron chi connectivity index (χ4n) is 1.68. The van der Waals surface area contributed by atoms with Crippen molar-refractivity contribution < 1.29 is 13.2 Å². The van der Waals surface area contributed by atoms with Crippen LogP contribution < -0.4 is 14.8 Å². The summed E-state index contributed by atoms with van der Waals surface area (Å²) in [5.74, 6) is 0.363. The lowest BCUT2D eigenvalue weighted by atomic mass is 10.2. The van der Waals surface area contributed by atoms with Crippen LogP contribution in [0, 0.1) is 0 Å². The summed E-state index contributed by atoms with van der Waals surface area (Å²) in [6.07, 6.45) is 0.746. The first-order chi connectivity index (χ1) is 9.40. The Morgan fingerprint density at radius 1 is 1.30 bits per heavy atom. The molecule has 0 spiro atoms. The van der Waals surface area contributed by atoms with Crippen molar-refractivity contribution in [3.8, 4) is 5.75 Å². The molecule has 0 aliphatic rings. The Kier molecular flexibility index (Phi) is 6.45. The maximum atomic E-state index is 12.2. The Labute approximate surface area is 121 Å². The topological polar surface area (TPSA) is 67.4 Å². The molecule has 0 aromatic heterocycles. The molecule has 0 radical (unpaired) electrons. The predicted octanol–water partition coefficient (Wildman–Crippen LogP) is 1.88. The third-order valence-electron chi connectivity index (χ3n) is 2.77. The van der Waals surface area contributed by atoms with Gasteiger partial charge >= 0.3 is 0 Å². The monoisotopic (exact) mass is 300 g/mol. The van der Waals surface area contributed by atoms with Crippen molar-refractivity contribution in [1.29, 1.82) is 0 Å². The highest BCUT2D eigenvalue weighted by Crippen LogP contribution is 2.24. The molecule has 0 aliphatic carbocycles. The second-order valence-corrected chi connectivity index (χ2v) is 6.65. The Bertz CT molecular complexity index is 527. The Morgan fingerprint density at radius 2 is 2.00 bits per heavy atom. The van der Waals surface area contributed by atoms with Gasteiger partial charge in [-0.25, -0.2) is 13.1 Å². The summed E-state index contributed by atoms with van der Waals surface area (Å²) in [5.41, 5.74) is 0.913. The average Bonchev–Trinajstić information content (AvgIpc) is 2.42. The first kappa shape index (κ1) is 16.9. The zero-order valence-corrected chi connectivity index (χ0v) is 13.4. The van der Waals surface area contributed by atoms with Crippen LogP contribution in [-0.2, 0) is 16.6 Å². The molecular weight excluding hydrogens is 276 g/mol. The average molecular weight is 300 g/mol. The van der Waals surface area contributed by atoms with Crippen LogP contribution in [0.1, 0.15) is 32.8 Å². The summed E-state index contributed by atoms with van der Waals surface area (Å²) in [4.78, 5) is 0.191. The fourth-order valence-corrected chi connectivity index (χ4v) is 3.03. The SMILES string of the molecule is CCCNS(=O)(=O)c1cc(CNC(C)C)ccc1OC. The van der Waals surface area contributed by atoms with Gasteiger partial charge in [0.25, 0.3) is 0 Å². The van der Waals surface area contributed by atoms with Crippen LogP contribution in [0.5, 0.6) is 5.75 Å². The van der Waals surface area contributed by atoms with Crippen molar-refractivity contribution in [2.45, 2.75) is 44.7 Å². The van der Waals surface area contributed by atoms with Gasteiger partial charge in [-0.1, -0.05) is 26.8 Å². The molecule has 0 heterocycles. The molecule has 0 saturated heterocycles. The summed E-state index contributed by atoms with van der Waals surface area (Å²) in [5, 5.41) is 3.27. The van der Waals surface area contributed by atoms with E-state index in [1.807, 2.05) is 26.8 Å². The summed E-state index contributed by atoms with van der Waals surface area (Å²) in [7, 11) is -2.06. The number of sulfonamides is 1. The molecule has 1 aromatic carbocycles. The molecule has 0 amide bonds. The van der Waals surface area contributed by atoms with Crippen LogP contribution in [0.3, 0.4) is 0 Å². The normalized spacial score (nSPS) is 11.8. The summed E-state index contributed by atoms with van der Waals surface area (Å²) in [6.45, 7) is 7.05. The molecule has 6 heteroatoms. The van der Waals surface area contributed by atoms with Gasteiger partial charge in [-0.15, -0.1) is 0 Å². The van der Waals surface area contributed by atoms with Gasteiger partial charge < -0.3 is 10.1 Å². The lowest BCUT2D eigenvalue weighted by Crippen LogP contribution is -2.25. The van der Waals surface area contributed by atoms with E-state index in [-0.39, 0.29) is 4.90 Å². The van der Waals surface area contributed by atoms with Crippen LogP contribution in [0.15, 0.2) is 23.1 Å². The first-order valence-corrected chi connectivity index (χ1v) is 8.29. The van der Waals surface area contributed by atoms with Crippen LogP contribution in [0.2, 0.25) is 0 Å².